The zero-order valence-corrected chi connectivity index (χ0v) is 23.0. The van der Waals surface area contributed by atoms with Crippen LogP contribution in [0.4, 0.5) is 15.8 Å². The lowest BCUT2D eigenvalue weighted by Gasteiger charge is -2.22. The summed E-state index contributed by atoms with van der Waals surface area (Å²) in [7, 11) is 0. The Bertz CT molecular complexity index is 1770. The highest BCUT2D eigenvalue weighted by molar-refractivity contribution is 6.00. The van der Waals surface area contributed by atoms with Gasteiger partial charge in [0.2, 0.25) is 0 Å². The van der Waals surface area contributed by atoms with E-state index in [-0.39, 0.29) is 5.56 Å². The molecular weight excluding hydrogens is 543 g/mol. The van der Waals surface area contributed by atoms with Gasteiger partial charge in [0.25, 0.3) is 5.91 Å². The fourth-order valence-corrected chi connectivity index (χ4v) is 4.11. The molecule has 0 bridgehead atoms. The van der Waals surface area contributed by atoms with Gasteiger partial charge in [-0.15, -0.1) is 0 Å². The first-order valence-corrected chi connectivity index (χ1v) is 13.0. The monoisotopic (exact) mass is 570 g/mol. The van der Waals surface area contributed by atoms with E-state index in [0.29, 0.717) is 57.7 Å². The van der Waals surface area contributed by atoms with E-state index in [0.717, 1.165) is 0 Å². The van der Waals surface area contributed by atoms with E-state index in [2.05, 4.69) is 36.8 Å². The first kappa shape index (κ1) is 28.2. The van der Waals surface area contributed by atoms with Gasteiger partial charge < -0.3 is 24.9 Å². The minimum Gasteiger partial charge on any atom is -0.491 e. The Labute approximate surface area is 239 Å². The molecule has 0 aliphatic rings. The summed E-state index contributed by atoms with van der Waals surface area (Å²) in [6.45, 7) is 4.46. The predicted octanol–water partition coefficient (Wildman–Crippen LogP) is 4.30. The number of aromatic nitrogens is 5. The molecule has 42 heavy (non-hydrogen) atoms. The van der Waals surface area contributed by atoms with Gasteiger partial charge in [0.05, 0.1) is 76.7 Å². The van der Waals surface area contributed by atoms with Crippen LogP contribution < -0.4 is 15.4 Å². The second-order valence-corrected chi connectivity index (χ2v) is 9.85. The SMILES string of the molecule is CCOc1cc(Nc2cc(-c3ccc4cc(C#N)cnn34)ncc2C(=O)NCC(F)C(C)(C)O)cnc1-c1cnco1. The van der Waals surface area contributed by atoms with Gasteiger partial charge in [0.15, 0.2) is 17.9 Å². The summed E-state index contributed by atoms with van der Waals surface area (Å²) in [5, 5.41) is 29.2. The van der Waals surface area contributed by atoms with Crippen molar-refractivity contribution in [2.45, 2.75) is 32.5 Å². The van der Waals surface area contributed by atoms with Crippen molar-refractivity contribution < 1.29 is 23.4 Å². The molecule has 1 unspecified atom stereocenters. The lowest BCUT2D eigenvalue weighted by Crippen LogP contribution is -2.42. The number of aliphatic hydroxyl groups is 1. The normalized spacial score (nSPS) is 12.1. The molecule has 5 aromatic heterocycles. The van der Waals surface area contributed by atoms with Gasteiger partial charge >= 0.3 is 0 Å². The number of fused-ring (bicyclic) bond motifs is 1. The molecule has 0 aliphatic carbocycles. The van der Waals surface area contributed by atoms with Gasteiger partial charge in [-0.1, -0.05) is 0 Å². The molecule has 1 atom stereocenters. The van der Waals surface area contributed by atoms with Crippen molar-refractivity contribution in [3.63, 3.8) is 0 Å². The average Bonchev–Trinajstić information content (AvgIpc) is 3.66. The molecule has 0 fully saturated rings. The molecule has 0 saturated carbocycles. The molecule has 0 aromatic carbocycles. The molecule has 214 valence electrons. The summed E-state index contributed by atoms with van der Waals surface area (Å²) in [5.74, 6) is 0.257. The van der Waals surface area contributed by atoms with Crippen LogP contribution in [0.2, 0.25) is 0 Å². The number of alkyl halides is 1. The van der Waals surface area contributed by atoms with Crippen LogP contribution in [0, 0.1) is 11.3 Å². The van der Waals surface area contributed by atoms with Crippen LogP contribution in [0.1, 0.15) is 36.7 Å². The third-order valence-corrected chi connectivity index (χ3v) is 6.35. The van der Waals surface area contributed by atoms with Gasteiger partial charge in [-0.3, -0.25) is 9.78 Å². The lowest BCUT2D eigenvalue weighted by molar-refractivity contribution is -0.00177. The molecular formula is C29H27FN8O4. The Kier molecular flexibility index (Phi) is 7.81. The van der Waals surface area contributed by atoms with Crippen LogP contribution in [0.15, 0.2) is 65.9 Å². The fourth-order valence-electron chi connectivity index (χ4n) is 4.11. The largest absolute Gasteiger partial charge is 0.491 e. The van der Waals surface area contributed by atoms with Crippen LogP contribution in [-0.4, -0.2) is 60.5 Å². The van der Waals surface area contributed by atoms with Crippen molar-refractivity contribution in [1.29, 1.82) is 5.26 Å². The maximum absolute atomic E-state index is 14.4. The van der Waals surface area contributed by atoms with Crippen molar-refractivity contribution in [2.24, 2.45) is 0 Å². The Morgan fingerprint density at radius 2 is 2.05 bits per heavy atom. The van der Waals surface area contributed by atoms with Gasteiger partial charge in [-0.2, -0.15) is 10.4 Å². The number of hydrogen-bond acceptors (Lipinski definition) is 10. The number of nitrogens with zero attached hydrogens (tertiary/aromatic N) is 6. The molecule has 5 rings (SSSR count). The third kappa shape index (κ3) is 5.89. The number of rotatable bonds is 10. The Morgan fingerprint density at radius 1 is 1.21 bits per heavy atom. The predicted molar refractivity (Wildman–Crippen MR) is 151 cm³/mol. The van der Waals surface area contributed by atoms with Crippen LogP contribution in [-0.2, 0) is 0 Å². The number of carbonyl (C=O) groups is 1. The van der Waals surface area contributed by atoms with Gasteiger partial charge in [-0.25, -0.2) is 18.9 Å². The number of ether oxygens (including phenoxy) is 1. The van der Waals surface area contributed by atoms with Crippen molar-refractivity contribution in [2.75, 3.05) is 18.5 Å². The fraction of sp³-hybridized carbons (Fsp3) is 0.241. The van der Waals surface area contributed by atoms with Crippen molar-refractivity contribution in [3.8, 4) is 34.7 Å². The number of carbonyl (C=O) groups excluding carboxylic acids is 1. The maximum Gasteiger partial charge on any atom is 0.255 e. The summed E-state index contributed by atoms with van der Waals surface area (Å²) < 4.78 is 27.2. The van der Waals surface area contributed by atoms with Crippen LogP contribution >= 0.6 is 0 Å². The van der Waals surface area contributed by atoms with Crippen LogP contribution in [0.5, 0.6) is 5.75 Å². The Morgan fingerprint density at radius 3 is 2.76 bits per heavy atom. The third-order valence-electron chi connectivity index (χ3n) is 6.35. The molecule has 1 amide bonds. The number of amides is 1. The van der Waals surface area contributed by atoms with Crippen LogP contribution in [0.25, 0.3) is 28.4 Å². The molecule has 0 spiro atoms. The molecule has 3 N–H and O–H groups in total. The summed E-state index contributed by atoms with van der Waals surface area (Å²) in [6, 6.07) is 10.7. The van der Waals surface area contributed by atoms with E-state index in [1.807, 2.05) is 6.92 Å². The highest BCUT2D eigenvalue weighted by Crippen LogP contribution is 2.33. The molecule has 13 heteroatoms. The number of halogens is 1. The van der Waals surface area contributed by atoms with Gasteiger partial charge in [0.1, 0.15) is 17.9 Å². The number of oxazole rings is 1. The number of hydrogen-bond donors (Lipinski definition) is 3. The molecule has 0 radical (unpaired) electrons. The van der Waals surface area contributed by atoms with E-state index in [9.17, 15) is 19.6 Å². The smallest absolute Gasteiger partial charge is 0.255 e. The second kappa shape index (κ2) is 11.6. The molecule has 5 aromatic rings. The topological polar surface area (TPSA) is 163 Å². The van der Waals surface area contributed by atoms with E-state index in [1.54, 1.807) is 41.0 Å². The molecule has 0 aliphatic heterocycles. The van der Waals surface area contributed by atoms with E-state index < -0.39 is 24.2 Å². The van der Waals surface area contributed by atoms with Crippen molar-refractivity contribution in [3.05, 3.63) is 72.6 Å². The van der Waals surface area contributed by atoms with Crippen LogP contribution in [0.3, 0.4) is 0 Å². The van der Waals surface area contributed by atoms with E-state index in [1.165, 1.54) is 38.8 Å². The molecule has 12 nitrogen and oxygen atoms in total. The lowest BCUT2D eigenvalue weighted by atomic mass is 10.0. The number of pyridine rings is 2. The minimum atomic E-state index is -1.69. The highest BCUT2D eigenvalue weighted by atomic mass is 19.1. The zero-order chi connectivity index (χ0) is 29.9. The number of nitriles is 1. The number of anilines is 2. The second-order valence-electron chi connectivity index (χ2n) is 9.85. The minimum absolute atomic E-state index is 0.125. The maximum atomic E-state index is 14.4. The first-order chi connectivity index (χ1) is 20.2. The average molecular weight is 571 g/mol. The standard InChI is InChI=1S/C29H27FN8O4/c1-4-41-24-8-18(12-34-27(24)25-14-32-16-42-25)37-21-9-22(23-6-5-19-7-17(10-31)11-36-38(19)23)33-13-20(21)28(39)35-15-26(30)29(2,3)40/h5-9,11-14,16,26,40H,4,15H2,1-3H3,(H,33,37)(H,35,39). The van der Waals surface area contributed by atoms with Gasteiger partial charge in [-0.05, 0) is 45.0 Å². The van der Waals surface area contributed by atoms with E-state index >= 15 is 0 Å². The van der Waals surface area contributed by atoms with Crippen molar-refractivity contribution >= 4 is 22.8 Å². The summed E-state index contributed by atoms with van der Waals surface area (Å²) in [4.78, 5) is 26.1. The molecule has 5 heterocycles. The number of nitrogens with one attached hydrogen (secondary N) is 2. The quantitative estimate of drug-likeness (QED) is 0.221. The van der Waals surface area contributed by atoms with Gasteiger partial charge in [0, 0.05) is 12.3 Å². The Hall–Kier alpha value is -5.35. The zero-order valence-electron chi connectivity index (χ0n) is 23.0. The van der Waals surface area contributed by atoms with E-state index in [4.69, 9.17) is 9.15 Å². The summed E-state index contributed by atoms with van der Waals surface area (Å²) in [5.41, 5.74) is 1.98. The summed E-state index contributed by atoms with van der Waals surface area (Å²) in [6.07, 6.45) is 5.49. The van der Waals surface area contributed by atoms with Crippen molar-refractivity contribution in [1.82, 2.24) is 29.9 Å². The Balaban J connectivity index is 1.53. The highest BCUT2D eigenvalue weighted by Gasteiger charge is 2.27. The summed E-state index contributed by atoms with van der Waals surface area (Å²) >= 11 is 0. The first-order valence-electron chi connectivity index (χ1n) is 13.0. The molecule has 0 saturated heterocycles.